The molecule has 0 aromatic heterocycles. The zero-order valence-electron chi connectivity index (χ0n) is 8.35. The second-order valence-electron chi connectivity index (χ2n) is 3.19. The lowest BCUT2D eigenvalue weighted by atomic mass is 10.1. The summed E-state index contributed by atoms with van der Waals surface area (Å²) in [6.07, 6.45) is 0.385. The minimum atomic E-state index is -1.21. The number of hydrogen-bond acceptors (Lipinski definition) is 2. The third-order valence-corrected chi connectivity index (χ3v) is 2.36. The fourth-order valence-electron chi connectivity index (χ4n) is 1.30. The maximum Gasteiger partial charge on any atom is 0.331 e. The van der Waals surface area contributed by atoms with E-state index in [1.54, 1.807) is 0 Å². The fourth-order valence-corrected chi connectivity index (χ4v) is 1.48. The zero-order valence-corrected chi connectivity index (χ0v) is 9.11. The third-order valence-electron chi connectivity index (χ3n) is 2.07. The largest absolute Gasteiger partial charge is 0.479 e. The van der Waals surface area contributed by atoms with E-state index in [9.17, 15) is 14.0 Å². The van der Waals surface area contributed by atoms with Crippen LogP contribution in [0.5, 0.6) is 0 Å². The van der Waals surface area contributed by atoms with Crippen molar-refractivity contribution in [2.24, 2.45) is 0 Å². The average Bonchev–Trinajstić information content (AvgIpc) is 2.22. The molecule has 1 aromatic carbocycles. The van der Waals surface area contributed by atoms with Gasteiger partial charge in [0.15, 0.2) is 6.04 Å². The molecule has 0 spiro atoms. The highest BCUT2D eigenvalue weighted by atomic mass is 35.5. The van der Waals surface area contributed by atoms with E-state index >= 15 is 0 Å². The molecule has 0 radical (unpaired) electrons. The highest BCUT2D eigenvalue weighted by Gasteiger charge is 2.24. The molecular formula is C10H9ClFNO3. The Kier molecular flexibility index (Phi) is 3.84. The van der Waals surface area contributed by atoms with Crippen LogP contribution in [0, 0.1) is 5.82 Å². The van der Waals surface area contributed by atoms with Crippen LogP contribution in [-0.4, -0.2) is 29.4 Å². The number of aliphatic carboxylic acids is 1. The maximum atomic E-state index is 12.9. The predicted octanol–water partition coefficient (Wildman–Crippen LogP) is 1.69. The Morgan fingerprint density at radius 2 is 2.25 bits per heavy atom. The lowest BCUT2D eigenvalue weighted by molar-refractivity contribution is -0.145. The Labute approximate surface area is 96.2 Å². The quantitative estimate of drug-likeness (QED) is 0.822. The van der Waals surface area contributed by atoms with Crippen molar-refractivity contribution in [3.8, 4) is 0 Å². The first-order valence-electron chi connectivity index (χ1n) is 4.32. The van der Waals surface area contributed by atoms with Crippen LogP contribution in [0.3, 0.4) is 0 Å². The number of carboxylic acid groups (broad SMARTS) is 1. The molecule has 4 nitrogen and oxygen atoms in total. The monoisotopic (exact) mass is 245 g/mol. The van der Waals surface area contributed by atoms with Crippen LogP contribution in [0.2, 0.25) is 5.02 Å². The highest BCUT2D eigenvalue weighted by Crippen LogP contribution is 2.23. The Morgan fingerprint density at radius 3 is 2.69 bits per heavy atom. The molecule has 0 aliphatic carbocycles. The van der Waals surface area contributed by atoms with Crippen molar-refractivity contribution < 1.29 is 19.1 Å². The molecule has 1 aromatic rings. The van der Waals surface area contributed by atoms with E-state index in [1.165, 1.54) is 19.2 Å². The van der Waals surface area contributed by atoms with E-state index in [-0.39, 0.29) is 10.6 Å². The molecular weight excluding hydrogens is 237 g/mol. The molecule has 86 valence electrons. The highest BCUT2D eigenvalue weighted by molar-refractivity contribution is 6.30. The fraction of sp³-hybridized carbons (Fsp3) is 0.200. The summed E-state index contributed by atoms with van der Waals surface area (Å²) in [4.78, 5) is 22.5. The standard InChI is InChI=1S/C10H9ClFNO3/c1-13(5-14)9(10(15)16)6-2-3-8(12)7(11)4-6/h2-5,9H,1H3,(H,15,16). The van der Waals surface area contributed by atoms with Crippen LogP contribution in [0.15, 0.2) is 18.2 Å². The van der Waals surface area contributed by atoms with Gasteiger partial charge in [-0.2, -0.15) is 0 Å². The second-order valence-corrected chi connectivity index (χ2v) is 3.59. The summed E-state index contributed by atoms with van der Waals surface area (Å²) >= 11 is 5.54. The van der Waals surface area contributed by atoms with Gasteiger partial charge in [0.2, 0.25) is 6.41 Å². The number of nitrogens with zero attached hydrogens (tertiary/aromatic N) is 1. The molecule has 1 unspecified atom stereocenters. The molecule has 1 rings (SSSR count). The Bertz CT molecular complexity index is 425. The maximum absolute atomic E-state index is 12.9. The number of rotatable bonds is 4. The smallest absolute Gasteiger partial charge is 0.331 e. The molecule has 0 aliphatic rings. The first-order chi connectivity index (χ1) is 7.47. The van der Waals surface area contributed by atoms with Crippen molar-refractivity contribution in [1.82, 2.24) is 4.90 Å². The minimum absolute atomic E-state index is 0.178. The van der Waals surface area contributed by atoms with Gasteiger partial charge in [0.05, 0.1) is 5.02 Å². The molecule has 16 heavy (non-hydrogen) atoms. The molecule has 6 heteroatoms. The van der Waals surface area contributed by atoms with Crippen molar-refractivity contribution in [3.05, 3.63) is 34.6 Å². The van der Waals surface area contributed by atoms with Crippen LogP contribution in [0.1, 0.15) is 11.6 Å². The number of halogens is 2. The van der Waals surface area contributed by atoms with Gasteiger partial charge < -0.3 is 10.0 Å². The number of likely N-dealkylation sites (N-methyl/N-ethyl adjacent to an activating group) is 1. The van der Waals surface area contributed by atoms with Crippen LogP contribution in [-0.2, 0) is 9.59 Å². The van der Waals surface area contributed by atoms with Crippen LogP contribution in [0.4, 0.5) is 4.39 Å². The molecule has 1 atom stereocenters. The zero-order chi connectivity index (χ0) is 12.3. The van der Waals surface area contributed by atoms with Gasteiger partial charge in [-0.15, -0.1) is 0 Å². The van der Waals surface area contributed by atoms with E-state index in [0.717, 1.165) is 11.0 Å². The van der Waals surface area contributed by atoms with E-state index in [4.69, 9.17) is 16.7 Å². The first kappa shape index (κ1) is 12.4. The number of carbonyl (C=O) groups excluding carboxylic acids is 1. The topological polar surface area (TPSA) is 57.6 Å². The Hall–Kier alpha value is -1.62. The van der Waals surface area contributed by atoms with Crippen molar-refractivity contribution in [2.45, 2.75) is 6.04 Å². The van der Waals surface area contributed by atoms with Gasteiger partial charge in [0.1, 0.15) is 5.82 Å². The number of amides is 1. The number of benzene rings is 1. The van der Waals surface area contributed by atoms with E-state index < -0.39 is 17.8 Å². The number of carbonyl (C=O) groups is 2. The third kappa shape index (κ3) is 2.49. The summed E-state index contributed by atoms with van der Waals surface area (Å²) in [6.45, 7) is 0. The Balaban J connectivity index is 3.16. The van der Waals surface area contributed by atoms with E-state index in [0.29, 0.717) is 6.41 Å². The van der Waals surface area contributed by atoms with Gasteiger partial charge in [-0.3, -0.25) is 4.79 Å². The van der Waals surface area contributed by atoms with Gasteiger partial charge >= 0.3 is 5.97 Å². The van der Waals surface area contributed by atoms with Crippen LogP contribution >= 0.6 is 11.6 Å². The predicted molar refractivity (Wildman–Crippen MR) is 55.6 cm³/mol. The lowest BCUT2D eigenvalue weighted by Gasteiger charge is -2.20. The second kappa shape index (κ2) is 4.94. The van der Waals surface area contributed by atoms with Crippen molar-refractivity contribution in [1.29, 1.82) is 0 Å². The summed E-state index contributed by atoms with van der Waals surface area (Å²) in [5, 5.41) is 8.77. The van der Waals surface area contributed by atoms with Gasteiger partial charge in [0.25, 0.3) is 0 Å². The van der Waals surface area contributed by atoms with Gasteiger partial charge in [-0.1, -0.05) is 17.7 Å². The van der Waals surface area contributed by atoms with E-state index in [2.05, 4.69) is 0 Å². The van der Waals surface area contributed by atoms with Crippen molar-refractivity contribution >= 4 is 24.0 Å². The number of carboxylic acids is 1. The molecule has 0 fully saturated rings. The molecule has 1 N–H and O–H groups in total. The van der Waals surface area contributed by atoms with Gasteiger partial charge in [-0.05, 0) is 17.7 Å². The number of hydrogen-bond donors (Lipinski definition) is 1. The Morgan fingerprint density at radius 1 is 1.62 bits per heavy atom. The molecule has 0 aliphatic heterocycles. The summed E-state index contributed by atoms with van der Waals surface area (Å²) in [5.74, 6) is -1.85. The first-order valence-corrected chi connectivity index (χ1v) is 4.70. The molecule has 0 saturated carbocycles. The lowest BCUT2D eigenvalue weighted by Crippen LogP contribution is -2.29. The van der Waals surface area contributed by atoms with Gasteiger partial charge in [0, 0.05) is 7.05 Å². The molecule has 0 bridgehead atoms. The van der Waals surface area contributed by atoms with E-state index in [1.807, 2.05) is 0 Å². The molecule has 1 amide bonds. The summed E-state index contributed by atoms with van der Waals surface area (Å²) in [5.41, 5.74) is 0.244. The summed E-state index contributed by atoms with van der Waals surface area (Å²) in [6, 6.07) is 2.36. The summed E-state index contributed by atoms with van der Waals surface area (Å²) in [7, 11) is 1.32. The van der Waals surface area contributed by atoms with Crippen LogP contribution < -0.4 is 0 Å². The average molecular weight is 246 g/mol. The van der Waals surface area contributed by atoms with Gasteiger partial charge in [-0.25, -0.2) is 9.18 Å². The SMILES string of the molecule is CN(C=O)C(C(=O)O)c1ccc(F)c(Cl)c1. The molecule has 0 saturated heterocycles. The summed E-state index contributed by atoms with van der Waals surface area (Å²) < 4.78 is 12.9. The normalized spacial score (nSPS) is 11.9. The molecule has 0 heterocycles. The minimum Gasteiger partial charge on any atom is -0.479 e. The van der Waals surface area contributed by atoms with Crippen LogP contribution in [0.25, 0.3) is 0 Å². The van der Waals surface area contributed by atoms with Crippen molar-refractivity contribution in [3.63, 3.8) is 0 Å². The van der Waals surface area contributed by atoms with Crippen molar-refractivity contribution in [2.75, 3.05) is 7.05 Å².